The summed E-state index contributed by atoms with van der Waals surface area (Å²) >= 11 is 0. The van der Waals surface area contributed by atoms with E-state index >= 15 is 0 Å². The van der Waals surface area contributed by atoms with Crippen molar-refractivity contribution in [3.63, 3.8) is 0 Å². The van der Waals surface area contributed by atoms with Crippen LogP contribution >= 0.6 is 0 Å². The van der Waals surface area contributed by atoms with Crippen LogP contribution in [0.25, 0.3) is 6.08 Å². The van der Waals surface area contributed by atoms with Gasteiger partial charge in [0.05, 0.1) is 19.6 Å². The number of likely N-dealkylation sites (tertiary alicyclic amines) is 1. The monoisotopic (exact) mass is 375 g/mol. The van der Waals surface area contributed by atoms with Gasteiger partial charge in [-0.25, -0.2) is 4.79 Å². The lowest BCUT2D eigenvalue weighted by atomic mass is 9.97. The zero-order chi connectivity index (χ0) is 19.6. The number of carbonyl (C=O) groups excluding carboxylic acids is 3. The van der Waals surface area contributed by atoms with Crippen molar-refractivity contribution in [2.24, 2.45) is 5.92 Å². The van der Waals surface area contributed by atoms with Gasteiger partial charge in [-0.3, -0.25) is 9.59 Å². The molecule has 1 heterocycles. The molecule has 0 aliphatic carbocycles. The molecule has 0 radical (unpaired) electrons. The summed E-state index contributed by atoms with van der Waals surface area (Å²) in [6.45, 7) is 2.99. The van der Waals surface area contributed by atoms with Crippen LogP contribution in [0.5, 0.6) is 5.75 Å². The maximum Gasteiger partial charge on any atom is 0.331 e. The van der Waals surface area contributed by atoms with E-state index in [0.717, 1.165) is 5.56 Å². The van der Waals surface area contributed by atoms with Crippen molar-refractivity contribution in [3.8, 4) is 5.75 Å². The summed E-state index contributed by atoms with van der Waals surface area (Å²) < 4.78 is 15.2. The van der Waals surface area contributed by atoms with E-state index in [1.54, 1.807) is 11.0 Å². The van der Waals surface area contributed by atoms with E-state index in [9.17, 15) is 14.4 Å². The average Bonchev–Trinajstić information content (AvgIpc) is 2.71. The van der Waals surface area contributed by atoms with E-state index in [0.29, 0.717) is 38.3 Å². The first-order valence-corrected chi connectivity index (χ1v) is 8.97. The summed E-state index contributed by atoms with van der Waals surface area (Å²) in [4.78, 5) is 37.1. The molecule has 1 amide bonds. The molecule has 1 aliphatic heterocycles. The second-order valence-corrected chi connectivity index (χ2v) is 6.09. The van der Waals surface area contributed by atoms with Crippen LogP contribution in [0.2, 0.25) is 0 Å². The lowest BCUT2D eigenvalue weighted by Crippen LogP contribution is -2.42. The molecule has 1 saturated heterocycles. The van der Waals surface area contributed by atoms with E-state index in [2.05, 4.69) is 0 Å². The summed E-state index contributed by atoms with van der Waals surface area (Å²) in [5.74, 6) is -0.608. The highest BCUT2D eigenvalue weighted by atomic mass is 16.5. The Balaban J connectivity index is 1.79. The molecule has 0 atom stereocenters. The Morgan fingerprint density at radius 2 is 1.89 bits per heavy atom. The molecule has 0 spiro atoms. The first-order chi connectivity index (χ1) is 13.0. The number of methoxy groups -OCH3 is 1. The van der Waals surface area contributed by atoms with Gasteiger partial charge in [0.1, 0.15) is 5.75 Å². The van der Waals surface area contributed by atoms with Crippen molar-refractivity contribution in [2.75, 3.05) is 33.4 Å². The smallest absolute Gasteiger partial charge is 0.331 e. The van der Waals surface area contributed by atoms with Crippen LogP contribution in [0.15, 0.2) is 30.3 Å². The van der Waals surface area contributed by atoms with Crippen LogP contribution in [-0.2, 0) is 23.9 Å². The molecule has 0 unspecified atom stereocenters. The van der Waals surface area contributed by atoms with E-state index in [-0.39, 0.29) is 24.4 Å². The van der Waals surface area contributed by atoms with Gasteiger partial charge in [0.15, 0.2) is 6.61 Å². The highest BCUT2D eigenvalue weighted by Gasteiger charge is 2.28. The Hall–Kier alpha value is -2.83. The summed E-state index contributed by atoms with van der Waals surface area (Å²) in [5, 5.41) is 0. The fourth-order valence-corrected chi connectivity index (χ4v) is 2.87. The number of hydrogen-bond acceptors (Lipinski definition) is 6. The molecule has 1 aromatic rings. The zero-order valence-corrected chi connectivity index (χ0v) is 15.7. The Bertz CT molecular complexity index is 691. The highest BCUT2D eigenvalue weighted by Crippen LogP contribution is 2.20. The second kappa shape index (κ2) is 10.4. The third-order valence-electron chi connectivity index (χ3n) is 4.34. The third kappa shape index (κ3) is 6.13. The lowest BCUT2D eigenvalue weighted by molar-refractivity contribution is -0.151. The van der Waals surface area contributed by atoms with Crippen LogP contribution in [0.4, 0.5) is 0 Å². The molecule has 0 saturated carbocycles. The van der Waals surface area contributed by atoms with Gasteiger partial charge in [-0.2, -0.15) is 0 Å². The van der Waals surface area contributed by atoms with Gasteiger partial charge < -0.3 is 19.1 Å². The van der Waals surface area contributed by atoms with Crippen molar-refractivity contribution < 1.29 is 28.6 Å². The molecule has 1 fully saturated rings. The van der Waals surface area contributed by atoms with Crippen LogP contribution in [0.1, 0.15) is 25.3 Å². The number of amides is 1. The molecule has 1 aromatic carbocycles. The van der Waals surface area contributed by atoms with Crippen molar-refractivity contribution in [3.05, 3.63) is 35.9 Å². The predicted molar refractivity (Wildman–Crippen MR) is 98.9 cm³/mol. The number of rotatable bonds is 7. The third-order valence-corrected chi connectivity index (χ3v) is 4.34. The fraction of sp³-hybridized carbons (Fsp3) is 0.450. The highest BCUT2D eigenvalue weighted by molar-refractivity contribution is 5.89. The van der Waals surface area contributed by atoms with Crippen molar-refractivity contribution in [1.29, 1.82) is 0 Å². The predicted octanol–water partition coefficient (Wildman–Crippen LogP) is 2.05. The minimum atomic E-state index is -0.598. The molecule has 2 rings (SSSR count). The molecule has 0 bridgehead atoms. The van der Waals surface area contributed by atoms with Gasteiger partial charge in [-0.1, -0.05) is 18.2 Å². The molecular formula is C20H25NO6. The number of ether oxygens (including phenoxy) is 3. The molecule has 7 heteroatoms. The van der Waals surface area contributed by atoms with Crippen LogP contribution in [0.3, 0.4) is 0 Å². The van der Waals surface area contributed by atoms with Crippen LogP contribution < -0.4 is 4.74 Å². The van der Waals surface area contributed by atoms with Gasteiger partial charge in [0.25, 0.3) is 5.91 Å². The molecule has 0 N–H and O–H groups in total. The number of esters is 2. The summed E-state index contributed by atoms with van der Waals surface area (Å²) in [6, 6.07) is 7.33. The molecule has 1 aliphatic rings. The normalized spacial score (nSPS) is 14.8. The SMILES string of the molecule is CCOc1ccccc1/C=C/C(=O)OCC(=O)N1CCC(C(=O)OC)CC1. The number of nitrogens with zero attached hydrogens (tertiary/aromatic N) is 1. The Labute approximate surface area is 158 Å². The molecule has 27 heavy (non-hydrogen) atoms. The Morgan fingerprint density at radius 1 is 1.19 bits per heavy atom. The van der Waals surface area contributed by atoms with Crippen molar-refractivity contribution in [1.82, 2.24) is 4.90 Å². The molecule has 146 valence electrons. The Kier molecular flexibility index (Phi) is 7.85. The van der Waals surface area contributed by atoms with Gasteiger partial charge in [0, 0.05) is 24.7 Å². The summed E-state index contributed by atoms with van der Waals surface area (Å²) in [5.41, 5.74) is 0.757. The Morgan fingerprint density at radius 3 is 2.56 bits per heavy atom. The number of piperidine rings is 1. The van der Waals surface area contributed by atoms with E-state index in [4.69, 9.17) is 14.2 Å². The largest absolute Gasteiger partial charge is 0.493 e. The molecule has 0 aromatic heterocycles. The fourth-order valence-electron chi connectivity index (χ4n) is 2.87. The summed E-state index contributed by atoms with van der Waals surface area (Å²) in [6.07, 6.45) is 3.98. The lowest BCUT2D eigenvalue weighted by Gasteiger charge is -2.30. The van der Waals surface area contributed by atoms with E-state index in [1.807, 2.05) is 31.2 Å². The first kappa shape index (κ1) is 20.5. The van der Waals surface area contributed by atoms with E-state index in [1.165, 1.54) is 13.2 Å². The first-order valence-electron chi connectivity index (χ1n) is 8.97. The topological polar surface area (TPSA) is 82.1 Å². The van der Waals surface area contributed by atoms with E-state index < -0.39 is 5.97 Å². The molecular weight excluding hydrogens is 350 g/mol. The van der Waals surface area contributed by atoms with Gasteiger partial charge >= 0.3 is 11.9 Å². The van der Waals surface area contributed by atoms with Gasteiger partial charge in [-0.05, 0) is 31.9 Å². The minimum Gasteiger partial charge on any atom is -0.493 e. The maximum atomic E-state index is 12.2. The number of hydrogen-bond donors (Lipinski definition) is 0. The molecule has 7 nitrogen and oxygen atoms in total. The summed E-state index contributed by atoms with van der Waals surface area (Å²) in [7, 11) is 1.36. The average molecular weight is 375 g/mol. The van der Waals surface area contributed by atoms with Crippen molar-refractivity contribution >= 4 is 23.9 Å². The minimum absolute atomic E-state index is 0.171. The van der Waals surface area contributed by atoms with Gasteiger partial charge in [-0.15, -0.1) is 0 Å². The zero-order valence-electron chi connectivity index (χ0n) is 15.7. The quantitative estimate of drug-likeness (QED) is 0.536. The van der Waals surface area contributed by atoms with Crippen LogP contribution in [-0.4, -0.2) is 56.2 Å². The maximum absolute atomic E-state index is 12.2. The number of carbonyl (C=O) groups is 3. The number of para-hydroxylation sites is 1. The van der Waals surface area contributed by atoms with Crippen LogP contribution in [0, 0.1) is 5.92 Å². The second-order valence-electron chi connectivity index (χ2n) is 6.09. The van der Waals surface area contributed by atoms with Crippen molar-refractivity contribution in [2.45, 2.75) is 19.8 Å². The number of benzene rings is 1. The standard InChI is InChI=1S/C20H25NO6/c1-3-26-17-7-5-4-6-15(17)8-9-19(23)27-14-18(22)21-12-10-16(11-13-21)20(24)25-2/h4-9,16H,3,10-14H2,1-2H3/b9-8+. The van der Waals surface area contributed by atoms with Gasteiger partial charge in [0.2, 0.25) is 0 Å².